The lowest BCUT2D eigenvalue weighted by Crippen LogP contribution is -2.34. The molecule has 2 atom stereocenters. The molecule has 1 aromatic carbocycles. The summed E-state index contributed by atoms with van der Waals surface area (Å²) in [5.41, 5.74) is 2.33. The van der Waals surface area contributed by atoms with Crippen LogP contribution in [0.3, 0.4) is 0 Å². The summed E-state index contributed by atoms with van der Waals surface area (Å²) in [6.45, 7) is 2.18. The average molecular weight is 392 g/mol. The molecule has 1 amide bonds. The van der Waals surface area contributed by atoms with Crippen molar-refractivity contribution in [3.8, 4) is 0 Å². The Morgan fingerprint density at radius 3 is 2.62 bits per heavy atom. The standard InChI is InChI=1S/C20H25NO3S2/c1-2-3-5-15-7-9-16(10-8-15)19(18-6-4-12-25-18)21-20(22)17-11-13-26(23,24)14-17/h4,6-10,12,17,19H,2-3,5,11,13-14H2,1H3,(H,21,22)/t17-,19-/m0/s1. The van der Waals surface area contributed by atoms with Crippen LogP contribution in [-0.4, -0.2) is 25.8 Å². The number of carbonyl (C=O) groups excluding carboxylic acids is 1. The summed E-state index contributed by atoms with van der Waals surface area (Å²) in [4.78, 5) is 13.7. The second kappa shape index (κ2) is 8.35. The highest BCUT2D eigenvalue weighted by Crippen LogP contribution is 2.28. The molecule has 140 valence electrons. The van der Waals surface area contributed by atoms with Gasteiger partial charge >= 0.3 is 0 Å². The number of carbonyl (C=O) groups is 1. The van der Waals surface area contributed by atoms with Crippen LogP contribution in [-0.2, 0) is 21.1 Å². The minimum atomic E-state index is -3.07. The molecule has 0 saturated carbocycles. The maximum atomic E-state index is 12.6. The molecule has 1 aliphatic rings. The summed E-state index contributed by atoms with van der Waals surface area (Å²) in [7, 11) is -3.07. The van der Waals surface area contributed by atoms with Gasteiger partial charge in [0.25, 0.3) is 0 Å². The maximum absolute atomic E-state index is 12.6. The van der Waals surface area contributed by atoms with Crippen molar-refractivity contribution in [3.05, 3.63) is 57.8 Å². The van der Waals surface area contributed by atoms with Gasteiger partial charge in [0.1, 0.15) is 0 Å². The normalized spacial score (nSPS) is 20.0. The van der Waals surface area contributed by atoms with E-state index in [1.54, 1.807) is 11.3 Å². The topological polar surface area (TPSA) is 63.2 Å². The first-order chi connectivity index (χ1) is 12.5. The summed E-state index contributed by atoms with van der Waals surface area (Å²) in [5.74, 6) is -0.529. The molecule has 1 aliphatic heterocycles. The molecule has 1 aromatic heterocycles. The summed E-state index contributed by atoms with van der Waals surface area (Å²) in [6, 6.07) is 12.1. The highest BCUT2D eigenvalue weighted by atomic mass is 32.2. The Bertz CT molecular complexity index is 826. The Labute approximate surface area is 159 Å². The minimum Gasteiger partial charge on any atom is -0.344 e. The van der Waals surface area contributed by atoms with Crippen LogP contribution in [0.4, 0.5) is 0 Å². The van der Waals surface area contributed by atoms with Gasteiger partial charge in [0.15, 0.2) is 9.84 Å². The third-order valence-electron chi connectivity index (χ3n) is 4.85. The summed E-state index contributed by atoms with van der Waals surface area (Å²) < 4.78 is 23.4. The van der Waals surface area contributed by atoms with E-state index in [4.69, 9.17) is 0 Å². The van der Waals surface area contributed by atoms with Crippen molar-refractivity contribution in [1.82, 2.24) is 5.32 Å². The van der Waals surface area contributed by atoms with Crippen LogP contribution in [0.15, 0.2) is 41.8 Å². The molecule has 2 aromatic rings. The van der Waals surface area contributed by atoms with Crippen molar-refractivity contribution < 1.29 is 13.2 Å². The molecule has 0 spiro atoms. The van der Waals surface area contributed by atoms with Gasteiger partial charge in [0.2, 0.25) is 5.91 Å². The maximum Gasteiger partial charge on any atom is 0.224 e. The van der Waals surface area contributed by atoms with E-state index in [1.807, 2.05) is 17.5 Å². The van der Waals surface area contributed by atoms with Crippen LogP contribution < -0.4 is 5.32 Å². The first-order valence-electron chi connectivity index (χ1n) is 9.11. The van der Waals surface area contributed by atoms with Crippen LogP contribution in [0, 0.1) is 5.92 Å². The highest BCUT2D eigenvalue weighted by Gasteiger charge is 2.34. The van der Waals surface area contributed by atoms with E-state index < -0.39 is 15.8 Å². The van der Waals surface area contributed by atoms with Crippen molar-refractivity contribution in [2.24, 2.45) is 5.92 Å². The predicted molar refractivity (Wildman–Crippen MR) is 106 cm³/mol. The smallest absolute Gasteiger partial charge is 0.224 e. The number of hydrogen-bond acceptors (Lipinski definition) is 4. The molecule has 6 heteroatoms. The fourth-order valence-corrected chi connectivity index (χ4v) is 5.84. The van der Waals surface area contributed by atoms with Crippen LogP contribution in [0.5, 0.6) is 0 Å². The van der Waals surface area contributed by atoms with Crippen LogP contribution in [0.25, 0.3) is 0 Å². The van der Waals surface area contributed by atoms with Crippen molar-refractivity contribution in [1.29, 1.82) is 0 Å². The van der Waals surface area contributed by atoms with Gasteiger partial charge in [-0.25, -0.2) is 8.42 Å². The molecule has 1 fully saturated rings. The number of aryl methyl sites for hydroxylation is 1. The molecule has 0 unspecified atom stereocenters. The molecule has 1 saturated heterocycles. The van der Waals surface area contributed by atoms with E-state index in [0.717, 1.165) is 16.9 Å². The third kappa shape index (κ3) is 4.74. The fourth-order valence-electron chi connectivity index (χ4n) is 3.29. The number of sulfone groups is 1. The fraction of sp³-hybridized carbons (Fsp3) is 0.450. The number of unbranched alkanes of at least 4 members (excludes halogenated alkanes) is 1. The molecule has 26 heavy (non-hydrogen) atoms. The number of nitrogens with one attached hydrogen (secondary N) is 1. The highest BCUT2D eigenvalue weighted by molar-refractivity contribution is 7.91. The predicted octanol–water partition coefficient (Wildman–Crippen LogP) is 3.73. The van der Waals surface area contributed by atoms with Crippen LogP contribution in [0.2, 0.25) is 0 Å². The number of benzene rings is 1. The lowest BCUT2D eigenvalue weighted by molar-refractivity contribution is -0.124. The van der Waals surface area contributed by atoms with Gasteiger partial charge in [0.05, 0.1) is 23.5 Å². The Hall–Kier alpha value is -1.66. The first kappa shape index (κ1) is 19.1. The Balaban J connectivity index is 1.77. The zero-order valence-electron chi connectivity index (χ0n) is 15.0. The first-order valence-corrected chi connectivity index (χ1v) is 11.8. The van der Waals surface area contributed by atoms with Gasteiger partial charge in [-0.2, -0.15) is 0 Å². The minimum absolute atomic E-state index is 0.0358. The number of hydrogen-bond donors (Lipinski definition) is 1. The zero-order chi connectivity index (χ0) is 18.6. The van der Waals surface area contributed by atoms with Crippen molar-refractivity contribution in [2.45, 2.75) is 38.6 Å². The van der Waals surface area contributed by atoms with Crippen LogP contribution in [0.1, 0.15) is 48.2 Å². The van der Waals surface area contributed by atoms with Gasteiger partial charge in [-0.05, 0) is 41.8 Å². The van der Waals surface area contributed by atoms with Crippen molar-refractivity contribution in [2.75, 3.05) is 11.5 Å². The van der Waals surface area contributed by atoms with E-state index in [-0.39, 0.29) is 23.5 Å². The zero-order valence-corrected chi connectivity index (χ0v) is 16.6. The largest absolute Gasteiger partial charge is 0.344 e. The second-order valence-corrected chi connectivity index (χ2v) is 10.1. The van der Waals surface area contributed by atoms with E-state index in [2.05, 4.69) is 36.5 Å². The van der Waals surface area contributed by atoms with E-state index in [1.165, 1.54) is 18.4 Å². The molecule has 4 nitrogen and oxygen atoms in total. The summed E-state index contributed by atoms with van der Waals surface area (Å²) >= 11 is 1.60. The SMILES string of the molecule is CCCCc1ccc([C@H](NC(=O)[C@H]2CCS(=O)(=O)C2)c2cccs2)cc1. The third-order valence-corrected chi connectivity index (χ3v) is 7.55. The average Bonchev–Trinajstić information content (AvgIpc) is 3.28. The lowest BCUT2D eigenvalue weighted by atomic mass is 10.00. The second-order valence-electron chi connectivity index (χ2n) is 6.90. The molecule has 3 rings (SSSR count). The van der Waals surface area contributed by atoms with Crippen molar-refractivity contribution in [3.63, 3.8) is 0 Å². The monoisotopic (exact) mass is 391 g/mol. The number of thiophene rings is 1. The Kier molecular flexibility index (Phi) is 6.14. The molecular formula is C20H25NO3S2. The van der Waals surface area contributed by atoms with Crippen LogP contribution >= 0.6 is 11.3 Å². The molecule has 2 heterocycles. The van der Waals surface area contributed by atoms with Gasteiger partial charge in [-0.1, -0.05) is 43.7 Å². The van der Waals surface area contributed by atoms with E-state index in [9.17, 15) is 13.2 Å². The Morgan fingerprint density at radius 2 is 2.04 bits per heavy atom. The molecule has 0 bridgehead atoms. The van der Waals surface area contributed by atoms with E-state index >= 15 is 0 Å². The molecule has 0 aliphatic carbocycles. The Morgan fingerprint density at radius 1 is 1.27 bits per heavy atom. The summed E-state index contributed by atoms with van der Waals surface area (Å²) in [5, 5.41) is 5.08. The van der Waals surface area contributed by atoms with Gasteiger partial charge < -0.3 is 5.32 Å². The van der Waals surface area contributed by atoms with Gasteiger partial charge in [0, 0.05) is 4.88 Å². The van der Waals surface area contributed by atoms with Gasteiger partial charge in [-0.3, -0.25) is 4.79 Å². The molecule has 0 radical (unpaired) electrons. The quantitative estimate of drug-likeness (QED) is 0.782. The number of amides is 1. The molecule has 1 N–H and O–H groups in total. The molecular weight excluding hydrogens is 366 g/mol. The van der Waals surface area contributed by atoms with Crippen molar-refractivity contribution >= 4 is 27.1 Å². The summed E-state index contributed by atoms with van der Waals surface area (Å²) in [6.07, 6.45) is 3.81. The van der Waals surface area contributed by atoms with E-state index in [0.29, 0.717) is 6.42 Å². The lowest BCUT2D eigenvalue weighted by Gasteiger charge is -2.20. The number of rotatable bonds is 7. The van der Waals surface area contributed by atoms with Gasteiger partial charge in [-0.15, -0.1) is 11.3 Å².